The van der Waals surface area contributed by atoms with Crippen LogP contribution in [0.1, 0.15) is 36.8 Å². The van der Waals surface area contributed by atoms with Crippen molar-refractivity contribution in [1.82, 2.24) is 4.98 Å². The summed E-state index contributed by atoms with van der Waals surface area (Å²) in [5.41, 5.74) is 2.19. The average Bonchev–Trinajstić information content (AvgIpc) is 2.78. The molecular weight excluding hydrogens is 246 g/mol. The summed E-state index contributed by atoms with van der Waals surface area (Å²) >= 11 is 1.55. The number of aromatic carboxylic acids is 1. The van der Waals surface area contributed by atoms with E-state index in [1.807, 2.05) is 11.4 Å². The summed E-state index contributed by atoms with van der Waals surface area (Å²) in [6.45, 7) is 6.33. The van der Waals surface area contributed by atoms with E-state index in [4.69, 9.17) is 5.11 Å². The van der Waals surface area contributed by atoms with E-state index in [9.17, 15) is 4.79 Å². The summed E-state index contributed by atoms with van der Waals surface area (Å²) in [7, 11) is 0. The molecule has 1 N–H and O–H groups in total. The van der Waals surface area contributed by atoms with Gasteiger partial charge in [0.15, 0.2) is 0 Å². The fourth-order valence-electron chi connectivity index (χ4n) is 1.54. The molecule has 0 spiro atoms. The number of carboxylic acids is 1. The zero-order chi connectivity index (χ0) is 13.3. The van der Waals surface area contributed by atoms with Crippen molar-refractivity contribution in [2.75, 3.05) is 0 Å². The van der Waals surface area contributed by atoms with Gasteiger partial charge in [-0.25, -0.2) is 9.78 Å². The smallest absolute Gasteiger partial charge is 0.335 e. The SMILES string of the molecule is CC(C)(C)c1csc(-c2cccc(C(=O)O)c2)n1. The van der Waals surface area contributed by atoms with Gasteiger partial charge in [-0.05, 0) is 12.1 Å². The summed E-state index contributed by atoms with van der Waals surface area (Å²) in [5.74, 6) is -0.913. The van der Waals surface area contributed by atoms with Gasteiger partial charge in [-0.1, -0.05) is 32.9 Å². The highest BCUT2D eigenvalue weighted by atomic mass is 32.1. The van der Waals surface area contributed by atoms with Crippen molar-refractivity contribution in [3.8, 4) is 10.6 Å². The highest BCUT2D eigenvalue weighted by Crippen LogP contribution is 2.30. The molecule has 2 aromatic rings. The van der Waals surface area contributed by atoms with E-state index in [0.29, 0.717) is 5.56 Å². The Morgan fingerprint density at radius 2 is 2.06 bits per heavy atom. The largest absolute Gasteiger partial charge is 0.478 e. The van der Waals surface area contributed by atoms with Gasteiger partial charge < -0.3 is 5.11 Å². The van der Waals surface area contributed by atoms with Gasteiger partial charge in [0.25, 0.3) is 0 Å². The number of aromatic nitrogens is 1. The molecule has 0 amide bonds. The summed E-state index contributed by atoms with van der Waals surface area (Å²) < 4.78 is 0. The maximum Gasteiger partial charge on any atom is 0.335 e. The van der Waals surface area contributed by atoms with Crippen molar-refractivity contribution in [1.29, 1.82) is 0 Å². The lowest BCUT2D eigenvalue weighted by Crippen LogP contribution is -2.11. The zero-order valence-electron chi connectivity index (χ0n) is 10.6. The molecule has 1 aromatic carbocycles. The fraction of sp³-hybridized carbons (Fsp3) is 0.286. The topological polar surface area (TPSA) is 50.2 Å². The Kier molecular flexibility index (Phi) is 3.22. The van der Waals surface area contributed by atoms with Crippen molar-refractivity contribution < 1.29 is 9.90 Å². The van der Waals surface area contributed by atoms with Gasteiger partial charge >= 0.3 is 5.97 Å². The molecule has 2 rings (SSSR count). The highest BCUT2D eigenvalue weighted by Gasteiger charge is 2.18. The Morgan fingerprint density at radius 1 is 1.33 bits per heavy atom. The van der Waals surface area contributed by atoms with Crippen molar-refractivity contribution >= 4 is 17.3 Å². The second-order valence-electron chi connectivity index (χ2n) is 5.17. The van der Waals surface area contributed by atoms with E-state index in [1.165, 1.54) is 0 Å². The maximum atomic E-state index is 10.9. The van der Waals surface area contributed by atoms with Crippen molar-refractivity contribution in [3.63, 3.8) is 0 Å². The molecule has 18 heavy (non-hydrogen) atoms. The van der Waals surface area contributed by atoms with Crippen LogP contribution in [0.4, 0.5) is 0 Å². The number of hydrogen-bond donors (Lipinski definition) is 1. The molecule has 0 saturated heterocycles. The van der Waals surface area contributed by atoms with Crippen molar-refractivity contribution in [2.24, 2.45) is 0 Å². The Hall–Kier alpha value is -1.68. The number of rotatable bonds is 2. The summed E-state index contributed by atoms with van der Waals surface area (Å²) in [5, 5.41) is 11.9. The minimum Gasteiger partial charge on any atom is -0.478 e. The molecule has 0 aliphatic heterocycles. The van der Waals surface area contributed by atoms with Crippen LogP contribution in [-0.2, 0) is 5.41 Å². The second-order valence-corrected chi connectivity index (χ2v) is 6.03. The first kappa shape index (κ1) is 12.8. The molecule has 94 valence electrons. The fourth-order valence-corrected chi connectivity index (χ4v) is 2.58. The number of carboxylic acid groups (broad SMARTS) is 1. The molecule has 0 atom stereocenters. The predicted molar refractivity (Wildman–Crippen MR) is 73.2 cm³/mol. The number of thiazole rings is 1. The Morgan fingerprint density at radius 3 is 2.61 bits per heavy atom. The average molecular weight is 261 g/mol. The van der Waals surface area contributed by atoms with E-state index in [-0.39, 0.29) is 5.41 Å². The molecular formula is C14H15NO2S. The standard InChI is InChI=1S/C14H15NO2S/c1-14(2,3)11-8-18-12(15-11)9-5-4-6-10(7-9)13(16)17/h4-8H,1-3H3,(H,16,17). The monoisotopic (exact) mass is 261 g/mol. The zero-order valence-corrected chi connectivity index (χ0v) is 11.4. The van der Waals surface area contributed by atoms with E-state index < -0.39 is 5.97 Å². The normalized spacial score (nSPS) is 11.5. The third-order valence-corrected chi connectivity index (χ3v) is 3.52. The molecule has 0 aliphatic rings. The van der Waals surface area contributed by atoms with Gasteiger partial charge in [0, 0.05) is 16.4 Å². The van der Waals surface area contributed by atoms with Gasteiger partial charge in [0.05, 0.1) is 11.3 Å². The van der Waals surface area contributed by atoms with Crippen LogP contribution >= 0.6 is 11.3 Å². The van der Waals surface area contributed by atoms with E-state index in [0.717, 1.165) is 16.3 Å². The molecule has 0 bridgehead atoms. The van der Waals surface area contributed by atoms with Gasteiger partial charge in [0.2, 0.25) is 0 Å². The summed E-state index contributed by atoms with van der Waals surface area (Å²) in [6, 6.07) is 6.88. The van der Waals surface area contributed by atoms with Crippen LogP contribution in [0.5, 0.6) is 0 Å². The van der Waals surface area contributed by atoms with Gasteiger partial charge in [0.1, 0.15) is 5.01 Å². The Balaban J connectivity index is 2.40. The van der Waals surface area contributed by atoms with Crippen LogP contribution in [0.15, 0.2) is 29.6 Å². The van der Waals surface area contributed by atoms with Crippen LogP contribution in [0.3, 0.4) is 0 Å². The first-order chi connectivity index (χ1) is 8.38. The van der Waals surface area contributed by atoms with E-state index in [2.05, 4.69) is 25.8 Å². The van der Waals surface area contributed by atoms with Crippen molar-refractivity contribution in [3.05, 3.63) is 40.9 Å². The minimum atomic E-state index is -0.913. The highest BCUT2D eigenvalue weighted by molar-refractivity contribution is 7.13. The van der Waals surface area contributed by atoms with Gasteiger partial charge in [-0.2, -0.15) is 0 Å². The van der Waals surface area contributed by atoms with Crippen molar-refractivity contribution in [2.45, 2.75) is 26.2 Å². The molecule has 0 aliphatic carbocycles. The number of hydrogen-bond acceptors (Lipinski definition) is 3. The van der Waals surface area contributed by atoms with Crippen LogP contribution in [0.2, 0.25) is 0 Å². The first-order valence-corrected chi connectivity index (χ1v) is 6.55. The molecule has 0 unspecified atom stereocenters. The predicted octanol–water partition coefficient (Wildman–Crippen LogP) is 3.81. The molecule has 1 heterocycles. The molecule has 3 nitrogen and oxygen atoms in total. The lowest BCUT2D eigenvalue weighted by atomic mass is 9.93. The number of benzene rings is 1. The molecule has 1 aromatic heterocycles. The molecule has 0 saturated carbocycles. The third kappa shape index (κ3) is 2.59. The Bertz CT molecular complexity index is 581. The van der Waals surface area contributed by atoms with Crippen LogP contribution in [0, 0.1) is 0 Å². The summed E-state index contributed by atoms with van der Waals surface area (Å²) in [4.78, 5) is 15.5. The number of carbonyl (C=O) groups is 1. The maximum absolute atomic E-state index is 10.9. The lowest BCUT2D eigenvalue weighted by Gasteiger charge is -2.14. The van der Waals surface area contributed by atoms with Gasteiger partial charge in [-0.15, -0.1) is 11.3 Å². The van der Waals surface area contributed by atoms with Crippen LogP contribution in [0.25, 0.3) is 10.6 Å². The Labute approximate surface area is 110 Å². The third-order valence-electron chi connectivity index (χ3n) is 2.63. The quantitative estimate of drug-likeness (QED) is 0.894. The molecule has 4 heteroatoms. The van der Waals surface area contributed by atoms with Crippen LogP contribution in [-0.4, -0.2) is 16.1 Å². The minimum absolute atomic E-state index is 0.0131. The molecule has 0 fully saturated rings. The van der Waals surface area contributed by atoms with E-state index in [1.54, 1.807) is 29.5 Å². The lowest BCUT2D eigenvalue weighted by molar-refractivity contribution is 0.0697. The summed E-state index contributed by atoms with van der Waals surface area (Å²) in [6.07, 6.45) is 0. The van der Waals surface area contributed by atoms with Gasteiger partial charge in [-0.3, -0.25) is 0 Å². The second kappa shape index (κ2) is 4.53. The number of nitrogens with zero attached hydrogens (tertiary/aromatic N) is 1. The van der Waals surface area contributed by atoms with Crippen LogP contribution < -0.4 is 0 Å². The molecule has 0 radical (unpaired) electrons. The first-order valence-electron chi connectivity index (χ1n) is 5.67. The van der Waals surface area contributed by atoms with E-state index >= 15 is 0 Å².